The number of anilines is 1. The van der Waals surface area contributed by atoms with Crippen LogP contribution in [0.4, 0.5) is 10.5 Å². The van der Waals surface area contributed by atoms with Crippen LogP contribution in [0.3, 0.4) is 0 Å². The van der Waals surface area contributed by atoms with Gasteiger partial charge in [0.25, 0.3) is 0 Å². The molecular weight excluding hydrogens is 338 g/mol. The van der Waals surface area contributed by atoms with Gasteiger partial charge in [0.05, 0.1) is 19.9 Å². The predicted molar refractivity (Wildman–Crippen MR) is 108 cm³/mol. The van der Waals surface area contributed by atoms with E-state index in [4.69, 9.17) is 9.47 Å². The third-order valence-corrected chi connectivity index (χ3v) is 4.15. The van der Waals surface area contributed by atoms with Gasteiger partial charge in [0, 0.05) is 11.8 Å². The fraction of sp³-hybridized carbons (Fsp3) is 0.0870. The predicted octanol–water partition coefficient (Wildman–Crippen LogP) is 5.36. The van der Waals surface area contributed by atoms with Crippen molar-refractivity contribution in [1.29, 1.82) is 0 Å². The second-order valence-corrected chi connectivity index (χ2v) is 5.81. The van der Waals surface area contributed by atoms with Crippen LogP contribution in [0.2, 0.25) is 0 Å². The van der Waals surface area contributed by atoms with E-state index in [1.807, 2.05) is 84.9 Å². The zero-order valence-electron chi connectivity index (χ0n) is 15.3. The average molecular weight is 359 g/mol. The number of amides is 1. The lowest BCUT2D eigenvalue weighted by atomic mass is 9.99. The molecule has 3 aromatic carbocycles. The van der Waals surface area contributed by atoms with E-state index in [9.17, 15) is 4.79 Å². The van der Waals surface area contributed by atoms with Gasteiger partial charge in [-0.1, -0.05) is 60.7 Å². The molecule has 0 saturated carbocycles. The second-order valence-electron chi connectivity index (χ2n) is 5.81. The van der Waals surface area contributed by atoms with Crippen LogP contribution in [-0.2, 0) is 4.74 Å². The standard InChI is InChI=1S/C23H21NO3/c1-26-21-15-13-20(14-16-21)24(23(25)27-2)17-22(18-9-5-3-6-10-18)19-11-7-4-8-12-19/h3-17H,1-2H3. The third-order valence-electron chi connectivity index (χ3n) is 4.15. The molecule has 0 radical (unpaired) electrons. The van der Waals surface area contributed by atoms with Gasteiger partial charge in [0.15, 0.2) is 0 Å². The molecule has 0 aliphatic heterocycles. The van der Waals surface area contributed by atoms with Crippen LogP contribution in [0.25, 0.3) is 5.57 Å². The normalized spacial score (nSPS) is 10.0. The minimum Gasteiger partial charge on any atom is -0.497 e. The molecule has 0 aliphatic carbocycles. The first-order valence-corrected chi connectivity index (χ1v) is 8.57. The molecule has 0 atom stereocenters. The topological polar surface area (TPSA) is 38.8 Å². The van der Waals surface area contributed by atoms with Gasteiger partial charge in [-0.05, 0) is 35.4 Å². The Bertz CT molecular complexity index is 862. The molecule has 0 saturated heterocycles. The van der Waals surface area contributed by atoms with Crippen molar-refractivity contribution in [2.75, 3.05) is 19.1 Å². The SMILES string of the molecule is COC(=O)N(C=C(c1ccccc1)c1ccccc1)c1ccc(OC)cc1. The Morgan fingerprint density at radius 2 is 1.30 bits per heavy atom. The molecule has 136 valence electrons. The van der Waals surface area contributed by atoms with Crippen LogP contribution < -0.4 is 9.64 Å². The molecule has 4 heteroatoms. The maximum Gasteiger partial charge on any atom is 0.418 e. The Morgan fingerprint density at radius 1 is 0.778 bits per heavy atom. The minimum atomic E-state index is -0.468. The zero-order chi connectivity index (χ0) is 19.1. The van der Waals surface area contributed by atoms with E-state index in [2.05, 4.69) is 0 Å². The Kier molecular flexibility index (Phi) is 5.90. The van der Waals surface area contributed by atoms with Gasteiger partial charge in [-0.3, -0.25) is 4.90 Å². The molecule has 0 heterocycles. The number of carbonyl (C=O) groups excluding carboxylic acids is 1. The largest absolute Gasteiger partial charge is 0.497 e. The molecule has 0 spiro atoms. The summed E-state index contributed by atoms with van der Waals surface area (Å²) >= 11 is 0. The number of methoxy groups -OCH3 is 2. The first-order valence-electron chi connectivity index (χ1n) is 8.57. The van der Waals surface area contributed by atoms with Crippen molar-refractivity contribution in [2.45, 2.75) is 0 Å². The highest BCUT2D eigenvalue weighted by atomic mass is 16.5. The number of nitrogens with zero attached hydrogens (tertiary/aromatic N) is 1. The summed E-state index contributed by atoms with van der Waals surface area (Å²) in [6.07, 6.45) is 1.34. The van der Waals surface area contributed by atoms with Gasteiger partial charge < -0.3 is 9.47 Å². The number of rotatable bonds is 5. The van der Waals surface area contributed by atoms with Crippen molar-refractivity contribution < 1.29 is 14.3 Å². The van der Waals surface area contributed by atoms with Crippen molar-refractivity contribution in [1.82, 2.24) is 0 Å². The average Bonchev–Trinajstić information content (AvgIpc) is 2.75. The minimum absolute atomic E-state index is 0.468. The molecule has 0 unspecified atom stereocenters. The zero-order valence-corrected chi connectivity index (χ0v) is 15.3. The van der Waals surface area contributed by atoms with Crippen LogP contribution >= 0.6 is 0 Å². The van der Waals surface area contributed by atoms with E-state index in [-0.39, 0.29) is 0 Å². The maximum atomic E-state index is 12.5. The molecule has 0 fully saturated rings. The molecule has 3 rings (SSSR count). The first kappa shape index (κ1) is 18.3. The monoisotopic (exact) mass is 359 g/mol. The Morgan fingerprint density at radius 3 is 1.74 bits per heavy atom. The number of carbonyl (C=O) groups is 1. The van der Waals surface area contributed by atoms with E-state index < -0.39 is 6.09 Å². The highest BCUT2D eigenvalue weighted by Gasteiger charge is 2.17. The maximum absolute atomic E-state index is 12.5. The smallest absolute Gasteiger partial charge is 0.418 e. The molecule has 0 aliphatic rings. The number of hydrogen-bond acceptors (Lipinski definition) is 3. The molecule has 27 heavy (non-hydrogen) atoms. The van der Waals surface area contributed by atoms with Crippen molar-refractivity contribution >= 4 is 17.4 Å². The lowest BCUT2D eigenvalue weighted by Gasteiger charge is -2.20. The van der Waals surface area contributed by atoms with E-state index in [0.717, 1.165) is 22.4 Å². The summed E-state index contributed by atoms with van der Waals surface area (Å²) in [5.41, 5.74) is 3.61. The van der Waals surface area contributed by atoms with Crippen LogP contribution in [0, 0.1) is 0 Å². The quantitative estimate of drug-likeness (QED) is 0.616. The van der Waals surface area contributed by atoms with Crippen molar-refractivity contribution in [2.24, 2.45) is 0 Å². The summed E-state index contributed by atoms with van der Waals surface area (Å²) in [5.74, 6) is 0.721. The van der Waals surface area contributed by atoms with Crippen molar-refractivity contribution in [3.05, 3.63) is 102 Å². The molecule has 1 amide bonds. The molecular formula is C23H21NO3. The Balaban J connectivity index is 2.12. The summed E-state index contributed by atoms with van der Waals surface area (Å²) in [4.78, 5) is 14.0. The van der Waals surface area contributed by atoms with Crippen molar-refractivity contribution in [3.63, 3.8) is 0 Å². The van der Waals surface area contributed by atoms with Gasteiger partial charge in [-0.25, -0.2) is 4.79 Å². The third kappa shape index (κ3) is 4.36. The number of benzene rings is 3. The van der Waals surface area contributed by atoms with E-state index in [0.29, 0.717) is 5.69 Å². The summed E-state index contributed by atoms with van der Waals surface area (Å²) in [6, 6.07) is 27.2. The number of hydrogen-bond donors (Lipinski definition) is 0. The second kappa shape index (κ2) is 8.72. The summed E-state index contributed by atoms with van der Waals surface area (Å²) in [5, 5.41) is 0. The molecule has 4 nitrogen and oxygen atoms in total. The van der Waals surface area contributed by atoms with Crippen LogP contribution in [0.15, 0.2) is 91.1 Å². The number of ether oxygens (including phenoxy) is 2. The van der Waals surface area contributed by atoms with Gasteiger partial charge in [0.2, 0.25) is 0 Å². The van der Waals surface area contributed by atoms with Crippen molar-refractivity contribution in [3.8, 4) is 5.75 Å². The van der Waals surface area contributed by atoms with Gasteiger partial charge in [0.1, 0.15) is 5.75 Å². The van der Waals surface area contributed by atoms with E-state index in [1.54, 1.807) is 13.3 Å². The van der Waals surface area contributed by atoms with E-state index in [1.165, 1.54) is 12.0 Å². The fourth-order valence-corrected chi connectivity index (χ4v) is 2.75. The Hall–Kier alpha value is -3.53. The lowest BCUT2D eigenvalue weighted by Crippen LogP contribution is -2.25. The van der Waals surface area contributed by atoms with Gasteiger partial charge in [-0.15, -0.1) is 0 Å². The highest BCUT2D eigenvalue weighted by Crippen LogP contribution is 2.27. The Labute approximate surface area is 159 Å². The van der Waals surface area contributed by atoms with Crippen LogP contribution in [-0.4, -0.2) is 20.3 Å². The summed E-state index contributed by atoms with van der Waals surface area (Å²) < 4.78 is 10.2. The van der Waals surface area contributed by atoms with Crippen LogP contribution in [0.1, 0.15) is 11.1 Å². The molecule has 0 bridgehead atoms. The van der Waals surface area contributed by atoms with E-state index >= 15 is 0 Å². The fourth-order valence-electron chi connectivity index (χ4n) is 2.75. The van der Waals surface area contributed by atoms with Crippen LogP contribution in [0.5, 0.6) is 5.75 Å². The summed E-state index contributed by atoms with van der Waals surface area (Å²) in [6.45, 7) is 0. The molecule has 0 N–H and O–H groups in total. The molecule has 3 aromatic rings. The van der Waals surface area contributed by atoms with Gasteiger partial charge >= 0.3 is 6.09 Å². The summed E-state index contributed by atoms with van der Waals surface area (Å²) in [7, 11) is 2.98. The van der Waals surface area contributed by atoms with Gasteiger partial charge in [-0.2, -0.15) is 0 Å². The first-order chi connectivity index (χ1) is 13.2. The highest BCUT2D eigenvalue weighted by molar-refractivity contribution is 5.94. The molecule has 0 aromatic heterocycles. The lowest BCUT2D eigenvalue weighted by molar-refractivity contribution is 0.181.